The van der Waals surface area contributed by atoms with Crippen molar-refractivity contribution in [1.82, 2.24) is 0 Å². The molecule has 0 saturated heterocycles. The van der Waals surface area contributed by atoms with E-state index in [0.717, 1.165) is 0 Å². The van der Waals surface area contributed by atoms with Gasteiger partial charge in [-0.15, -0.1) is 0 Å². The van der Waals surface area contributed by atoms with Gasteiger partial charge in [-0.2, -0.15) is 0 Å². The third-order valence-corrected chi connectivity index (χ3v) is 4.97. The number of rotatable bonds is 3. The molecule has 0 amide bonds. The van der Waals surface area contributed by atoms with Crippen molar-refractivity contribution in [2.75, 3.05) is 0 Å². The van der Waals surface area contributed by atoms with Gasteiger partial charge in [0.05, 0.1) is 0 Å². The summed E-state index contributed by atoms with van der Waals surface area (Å²) >= 11 is 0.0747. The molecule has 0 aliphatic carbocycles. The summed E-state index contributed by atoms with van der Waals surface area (Å²) in [7, 11) is 0. The summed E-state index contributed by atoms with van der Waals surface area (Å²) in [5.41, 5.74) is 0. The quantitative estimate of drug-likeness (QED) is 0.414. The van der Waals surface area contributed by atoms with Crippen molar-refractivity contribution in [3.63, 3.8) is 0 Å². The summed E-state index contributed by atoms with van der Waals surface area (Å²) in [6.07, 6.45) is 1.44. The fourth-order valence-electron chi connectivity index (χ4n) is 0.500. The zero-order chi connectivity index (χ0) is 4.83. The van der Waals surface area contributed by atoms with Crippen molar-refractivity contribution in [2.24, 2.45) is 0 Å². The number of hydrogen-bond acceptors (Lipinski definition) is 0. The van der Waals surface area contributed by atoms with Crippen molar-refractivity contribution in [2.45, 2.75) is 30.3 Å². The molecule has 1 heteroatoms. The van der Waals surface area contributed by atoms with Gasteiger partial charge in [-0.1, -0.05) is 0 Å². The zero-order valence-corrected chi connectivity index (χ0v) is 7.80. The topological polar surface area (TPSA) is 0 Å². The first-order chi connectivity index (χ1) is 2.91. The van der Waals surface area contributed by atoms with Crippen molar-refractivity contribution < 1.29 is 17.1 Å². The molecule has 0 aromatic carbocycles. The molecule has 0 radical (unpaired) electrons. The molecule has 0 unspecified atom stereocenters. The molecule has 0 N–H and O–H groups in total. The van der Waals surface area contributed by atoms with E-state index in [1.807, 2.05) is 0 Å². The van der Waals surface area contributed by atoms with Crippen LogP contribution >= 0.6 is 0 Å². The van der Waals surface area contributed by atoms with Gasteiger partial charge < -0.3 is 0 Å². The molecule has 6 heavy (non-hydrogen) atoms. The molecule has 0 saturated carbocycles. The van der Waals surface area contributed by atoms with Gasteiger partial charge in [0.25, 0.3) is 0 Å². The first-order valence-corrected chi connectivity index (χ1v) is 7.11. The first kappa shape index (κ1) is 6.62. The summed E-state index contributed by atoms with van der Waals surface area (Å²) in [6, 6.07) is 0. The average Bonchev–Trinajstić information content (AvgIpc) is 1.61. The van der Waals surface area contributed by atoms with Crippen LogP contribution in [0.25, 0.3) is 0 Å². The Bertz CT molecular complexity index is 15.9. The van der Waals surface area contributed by atoms with Crippen LogP contribution < -0.4 is 0 Å². The van der Waals surface area contributed by atoms with Crippen molar-refractivity contribution >= 4 is 0 Å². The molecule has 0 fully saturated rings. The van der Waals surface area contributed by atoms with Gasteiger partial charge in [0.2, 0.25) is 0 Å². The van der Waals surface area contributed by atoms with Gasteiger partial charge in [0.15, 0.2) is 0 Å². The van der Waals surface area contributed by atoms with Crippen LogP contribution in [0.3, 0.4) is 0 Å². The first-order valence-electron chi connectivity index (χ1n) is 2.91. The monoisotopic (exact) mass is 136 g/mol. The Hall–Kier alpha value is 0.623. The Morgan fingerprint density at radius 2 is 2.00 bits per heavy atom. The second-order valence-electron chi connectivity index (χ2n) is 1.71. The molecule has 0 heterocycles. The van der Waals surface area contributed by atoms with Crippen LogP contribution in [0.5, 0.6) is 0 Å². The molecule has 0 aromatic heterocycles. The maximum atomic E-state index is 2.32. The summed E-state index contributed by atoms with van der Waals surface area (Å²) in [4.78, 5) is 0. The predicted octanol–water partition coefficient (Wildman–Crippen LogP) is 2.34. The Labute approximate surface area is 47.9 Å². The molecule has 0 nitrogen and oxygen atoms in total. The SMILES string of the molecule is CC[CH2][Zn][CH2]C. The normalized spacial score (nSPS) is 7.67. The van der Waals surface area contributed by atoms with Gasteiger partial charge in [0, 0.05) is 0 Å². The Morgan fingerprint density at radius 3 is 2.17 bits per heavy atom. The van der Waals surface area contributed by atoms with Gasteiger partial charge in [-0.3, -0.25) is 0 Å². The third kappa shape index (κ3) is 4.62. The van der Waals surface area contributed by atoms with Crippen molar-refractivity contribution in [3.8, 4) is 0 Å². The van der Waals surface area contributed by atoms with Gasteiger partial charge in [-0.05, 0) is 0 Å². The van der Waals surface area contributed by atoms with Crippen LogP contribution in [0, 0.1) is 0 Å². The van der Waals surface area contributed by atoms with Crippen LogP contribution in [0.15, 0.2) is 0 Å². The van der Waals surface area contributed by atoms with Gasteiger partial charge >= 0.3 is 47.4 Å². The summed E-state index contributed by atoms with van der Waals surface area (Å²) in [5, 5.41) is 3.14. The standard InChI is InChI=1S/C3H7.C2H5.Zn/c1-3-2;1-2;/h1,3H2,2H3;1H2,2H3;. The van der Waals surface area contributed by atoms with Crippen LogP contribution in [-0.4, -0.2) is 0 Å². The molecule has 0 spiro atoms. The molecular formula is C5H12Zn. The molecule has 0 atom stereocenters. The van der Waals surface area contributed by atoms with Crippen molar-refractivity contribution in [3.05, 3.63) is 0 Å². The van der Waals surface area contributed by atoms with E-state index < -0.39 is 0 Å². The van der Waals surface area contributed by atoms with Crippen molar-refractivity contribution in [1.29, 1.82) is 0 Å². The summed E-state index contributed by atoms with van der Waals surface area (Å²) in [6.45, 7) is 4.59. The van der Waals surface area contributed by atoms with E-state index in [1.54, 1.807) is 10.0 Å². The predicted molar refractivity (Wildman–Crippen MR) is 25.6 cm³/mol. The van der Waals surface area contributed by atoms with Gasteiger partial charge in [0.1, 0.15) is 0 Å². The van der Waals surface area contributed by atoms with E-state index in [9.17, 15) is 0 Å². The minimum atomic E-state index is 0.0747. The van der Waals surface area contributed by atoms with E-state index in [1.165, 1.54) is 6.42 Å². The van der Waals surface area contributed by atoms with Crippen LogP contribution in [-0.2, 0) is 17.1 Å². The fourth-order valence-corrected chi connectivity index (χ4v) is 2.60. The van der Waals surface area contributed by atoms with E-state index in [4.69, 9.17) is 0 Å². The van der Waals surface area contributed by atoms with E-state index in [2.05, 4.69) is 13.8 Å². The van der Waals surface area contributed by atoms with E-state index in [-0.39, 0.29) is 17.1 Å². The number of hydrogen-bond donors (Lipinski definition) is 0. The summed E-state index contributed by atoms with van der Waals surface area (Å²) in [5.74, 6) is 0. The molecule has 0 aromatic rings. The second kappa shape index (κ2) is 5.62. The molecule has 0 bridgehead atoms. The molecule has 0 aliphatic heterocycles. The zero-order valence-electron chi connectivity index (χ0n) is 4.83. The molecule has 34 valence electrons. The van der Waals surface area contributed by atoms with E-state index in [0.29, 0.717) is 0 Å². The Balaban J connectivity index is 2.34. The second-order valence-corrected chi connectivity index (χ2v) is 6.77. The Kier molecular flexibility index (Phi) is 6.21. The fraction of sp³-hybridized carbons (Fsp3) is 1.00. The van der Waals surface area contributed by atoms with Crippen LogP contribution in [0.4, 0.5) is 0 Å². The van der Waals surface area contributed by atoms with Crippen LogP contribution in [0.2, 0.25) is 10.0 Å². The van der Waals surface area contributed by atoms with Gasteiger partial charge in [-0.25, -0.2) is 0 Å². The third-order valence-electron chi connectivity index (χ3n) is 0.957. The maximum absolute atomic E-state index is 2.32. The summed E-state index contributed by atoms with van der Waals surface area (Å²) < 4.78 is 0. The Morgan fingerprint density at radius 1 is 1.33 bits per heavy atom. The van der Waals surface area contributed by atoms with Crippen LogP contribution in [0.1, 0.15) is 20.3 Å². The average molecular weight is 138 g/mol. The molecular weight excluding hydrogens is 125 g/mol. The molecule has 0 aliphatic rings. The minimum absolute atomic E-state index is 0.0747. The molecule has 0 rings (SSSR count). The van der Waals surface area contributed by atoms with E-state index >= 15 is 0 Å².